The summed E-state index contributed by atoms with van der Waals surface area (Å²) in [6.07, 6.45) is 14.1. The number of allylic oxidation sites excluding steroid dienone is 3. The number of aromatic nitrogens is 5. The quantitative estimate of drug-likeness (QED) is 0.646. The van der Waals surface area contributed by atoms with Crippen LogP contribution in [0.2, 0.25) is 0 Å². The van der Waals surface area contributed by atoms with Crippen molar-refractivity contribution in [3.8, 4) is 11.5 Å². The van der Waals surface area contributed by atoms with Gasteiger partial charge in [0, 0.05) is 50.4 Å². The molecule has 10 nitrogen and oxygen atoms in total. The normalized spacial score (nSPS) is 24.7. The van der Waals surface area contributed by atoms with Gasteiger partial charge in [-0.1, -0.05) is 12.2 Å². The van der Waals surface area contributed by atoms with Gasteiger partial charge in [0.15, 0.2) is 16.9 Å². The lowest BCUT2D eigenvalue weighted by atomic mass is 9.97. The van der Waals surface area contributed by atoms with Crippen LogP contribution in [0.1, 0.15) is 32.1 Å². The van der Waals surface area contributed by atoms with Crippen molar-refractivity contribution < 1.29 is 13.5 Å². The molecule has 0 aromatic carbocycles. The molecule has 11 heteroatoms. The van der Waals surface area contributed by atoms with Crippen molar-refractivity contribution in [2.24, 2.45) is 0 Å². The van der Waals surface area contributed by atoms with Crippen molar-refractivity contribution in [3.05, 3.63) is 59.5 Å². The van der Waals surface area contributed by atoms with Crippen molar-refractivity contribution in [3.63, 3.8) is 0 Å². The summed E-state index contributed by atoms with van der Waals surface area (Å²) in [4.78, 5) is 14.5. The van der Waals surface area contributed by atoms with Gasteiger partial charge in [0.2, 0.25) is 0 Å². The van der Waals surface area contributed by atoms with Crippen LogP contribution in [-0.4, -0.2) is 81.3 Å². The Morgan fingerprint density at radius 2 is 2.09 bits per heavy atom. The number of hydrogen-bond donors (Lipinski definition) is 1. The lowest BCUT2D eigenvalue weighted by molar-refractivity contribution is 0.0901. The molecule has 0 radical (unpaired) electrons. The number of imidazole rings is 1. The third-order valence-corrected chi connectivity index (χ3v) is 7.81. The van der Waals surface area contributed by atoms with Crippen LogP contribution in [-0.2, 0) is 22.4 Å². The fraction of sp³-hybridized carbons (Fsp3) is 0.458. The first-order valence-electron chi connectivity index (χ1n) is 12.0. The molecule has 1 fully saturated rings. The van der Waals surface area contributed by atoms with Crippen LogP contribution in [0.3, 0.4) is 0 Å². The second-order valence-electron chi connectivity index (χ2n) is 9.46. The van der Waals surface area contributed by atoms with E-state index in [1.807, 2.05) is 23.0 Å². The maximum Gasteiger partial charge on any atom is 0.184 e. The summed E-state index contributed by atoms with van der Waals surface area (Å²) >= 11 is -2.08. The van der Waals surface area contributed by atoms with E-state index >= 15 is 0 Å². The Balaban J connectivity index is 1.40. The first kappa shape index (κ1) is 22.4. The van der Waals surface area contributed by atoms with Crippen molar-refractivity contribution in [2.45, 2.75) is 45.0 Å². The molecular formula is C24H29N7O3S. The Kier molecular flexibility index (Phi) is 5.70. The van der Waals surface area contributed by atoms with Gasteiger partial charge in [0.1, 0.15) is 17.8 Å². The second kappa shape index (κ2) is 8.89. The summed E-state index contributed by atoms with van der Waals surface area (Å²) < 4.78 is 32.8. The van der Waals surface area contributed by atoms with Crippen molar-refractivity contribution in [2.75, 3.05) is 26.2 Å². The maximum absolute atomic E-state index is 12.4. The van der Waals surface area contributed by atoms with Crippen LogP contribution in [0.4, 0.5) is 0 Å². The molecule has 1 aliphatic carbocycles. The van der Waals surface area contributed by atoms with E-state index in [4.69, 9.17) is 9.72 Å². The minimum atomic E-state index is -2.08. The van der Waals surface area contributed by atoms with Gasteiger partial charge in [-0.2, -0.15) is 5.10 Å². The Bertz CT molecular complexity index is 1290. The third kappa shape index (κ3) is 3.97. The topological polar surface area (TPSA) is 102 Å². The summed E-state index contributed by atoms with van der Waals surface area (Å²) in [5, 5.41) is 4.36. The zero-order valence-corrected chi connectivity index (χ0v) is 20.6. The third-order valence-electron chi connectivity index (χ3n) is 7.01. The fourth-order valence-electron chi connectivity index (χ4n) is 5.27. The number of piperazine rings is 1. The van der Waals surface area contributed by atoms with Crippen LogP contribution in [0.15, 0.2) is 53.6 Å². The smallest absolute Gasteiger partial charge is 0.184 e. The molecule has 1 N–H and O–H groups in total. The Morgan fingerprint density at radius 3 is 2.91 bits per heavy atom. The van der Waals surface area contributed by atoms with E-state index in [1.54, 1.807) is 6.33 Å². The first-order chi connectivity index (χ1) is 17.0. The molecule has 3 aliphatic heterocycles. The van der Waals surface area contributed by atoms with Crippen LogP contribution < -0.4 is 0 Å². The van der Waals surface area contributed by atoms with E-state index in [0.717, 1.165) is 48.2 Å². The molecule has 0 spiro atoms. The molecule has 0 saturated carbocycles. The predicted octanol–water partition coefficient (Wildman–Crippen LogP) is 2.41. The Labute approximate surface area is 206 Å². The van der Waals surface area contributed by atoms with Gasteiger partial charge in [-0.15, -0.1) is 0 Å². The summed E-state index contributed by atoms with van der Waals surface area (Å²) in [6, 6.07) is 0.407. The number of fused-ring (bicyclic) bond motifs is 4. The Morgan fingerprint density at radius 1 is 1.20 bits per heavy atom. The zero-order valence-electron chi connectivity index (χ0n) is 19.8. The molecule has 3 unspecified atom stereocenters. The molecule has 5 heterocycles. The number of hydrogen-bond acceptors (Lipinski definition) is 7. The highest BCUT2D eigenvalue weighted by Crippen LogP contribution is 2.38. The Hall–Kier alpha value is -3.02. The molecule has 0 bridgehead atoms. The molecule has 2 aromatic rings. The molecular weight excluding hydrogens is 466 g/mol. The second-order valence-corrected chi connectivity index (χ2v) is 10.5. The summed E-state index contributed by atoms with van der Waals surface area (Å²) in [6.45, 7) is 7.67. The zero-order chi connectivity index (χ0) is 24.1. The largest absolute Gasteiger partial charge is 0.371 e. The SMILES string of the molecule is CC(C)n1ncnc1-c1cn2c(n1)C1=CC(N3CCN4C=CC=CC4C3)=C(S(=O)O)CC1OCC2. The number of rotatable bonds is 4. The lowest BCUT2D eigenvalue weighted by Crippen LogP contribution is -2.50. The van der Waals surface area contributed by atoms with Crippen molar-refractivity contribution >= 4 is 16.7 Å². The predicted molar refractivity (Wildman–Crippen MR) is 132 cm³/mol. The van der Waals surface area contributed by atoms with Crippen LogP contribution in [0.5, 0.6) is 0 Å². The van der Waals surface area contributed by atoms with Crippen LogP contribution in [0, 0.1) is 0 Å². The standard InChI is InChI=1S/C24H29N7O3S/c1-16(2)31-24(25-15-26-31)19-14-30-9-10-34-21-12-22(35(32)33)20(11-18(21)23(30)27-19)29-8-7-28-6-4-3-5-17(28)13-29/h3-6,11,14-17,21H,7-10,12-13H2,1-2H3,(H,32,33). The minimum absolute atomic E-state index is 0.165. The number of ether oxygens (including phenoxy) is 1. The lowest BCUT2D eigenvalue weighted by Gasteiger charge is -2.43. The molecule has 35 heavy (non-hydrogen) atoms. The summed E-state index contributed by atoms with van der Waals surface area (Å²) in [5.74, 6) is 1.55. The summed E-state index contributed by atoms with van der Waals surface area (Å²) in [7, 11) is 0. The monoisotopic (exact) mass is 495 g/mol. The minimum Gasteiger partial charge on any atom is -0.371 e. The molecule has 184 valence electrons. The van der Waals surface area contributed by atoms with E-state index in [1.165, 1.54) is 0 Å². The molecule has 2 aromatic heterocycles. The number of nitrogens with zero attached hydrogens (tertiary/aromatic N) is 7. The van der Waals surface area contributed by atoms with Gasteiger partial charge in [-0.25, -0.2) is 18.9 Å². The highest BCUT2D eigenvalue weighted by atomic mass is 32.2. The average Bonchev–Trinajstić information content (AvgIpc) is 3.48. The van der Waals surface area contributed by atoms with Gasteiger partial charge in [0.05, 0.1) is 29.4 Å². The first-order valence-corrected chi connectivity index (χ1v) is 13.1. The van der Waals surface area contributed by atoms with Gasteiger partial charge >= 0.3 is 0 Å². The molecule has 0 amide bonds. The van der Waals surface area contributed by atoms with Crippen molar-refractivity contribution in [1.29, 1.82) is 0 Å². The van der Waals surface area contributed by atoms with E-state index in [2.05, 4.69) is 56.6 Å². The highest BCUT2D eigenvalue weighted by Gasteiger charge is 2.36. The highest BCUT2D eigenvalue weighted by molar-refractivity contribution is 7.83. The van der Waals surface area contributed by atoms with E-state index < -0.39 is 11.1 Å². The van der Waals surface area contributed by atoms with E-state index in [-0.39, 0.29) is 18.2 Å². The van der Waals surface area contributed by atoms with Gasteiger partial charge < -0.3 is 23.7 Å². The fourth-order valence-corrected chi connectivity index (χ4v) is 5.93. The van der Waals surface area contributed by atoms with Gasteiger partial charge in [0.25, 0.3) is 0 Å². The van der Waals surface area contributed by atoms with Crippen molar-refractivity contribution in [1.82, 2.24) is 34.1 Å². The van der Waals surface area contributed by atoms with E-state index in [9.17, 15) is 8.76 Å². The molecule has 3 atom stereocenters. The van der Waals surface area contributed by atoms with Crippen LogP contribution >= 0.6 is 0 Å². The average molecular weight is 496 g/mol. The molecule has 1 saturated heterocycles. The van der Waals surface area contributed by atoms with Gasteiger partial charge in [-0.05, 0) is 32.2 Å². The molecule has 6 rings (SSSR count). The summed E-state index contributed by atoms with van der Waals surface area (Å²) in [5.41, 5.74) is 2.52. The van der Waals surface area contributed by atoms with Crippen LogP contribution in [0.25, 0.3) is 17.1 Å². The molecule has 4 aliphatic rings. The maximum atomic E-state index is 12.4. The van der Waals surface area contributed by atoms with E-state index in [0.29, 0.717) is 24.5 Å². The van der Waals surface area contributed by atoms with Gasteiger partial charge in [-0.3, -0.25) is 0 Å².